The normalized spacial score (nSPS) is 22.4. The average molecular weight is 264 g/mol. The Bertz CT molecular complexity index is 532. The minimum atomic E-state index is 0.115. The molecule has 0 aromatic carbocycles. The number of rotatable bonds is 3. The highest BCUT2D eigenvalue weighted by Crippen LogP contribution is 2.39. The van der Waals surface area contributed by atoms with Gasteiger partial charge in [-0.2, -0.15) is 0 Å². The number of hydrogen-bond acceptors (Lipinski definition) is 4. The van der Waals surface area contributed by atoms with Gasteiger partial charge in [0.15, 0.2) is 5.13 Å². The lowest BCUT2D eigenvalue weighted by atomic mass is 10.3. The van der Waals surface area contributed by atoms with Crippen molar-refractivity contribution in [1.29, 1.82) is 0 Å². The zero-order valence-electron chi connectivity index (χ0n) is 9.34. The van der Waals surface area contributed by atoms with Crippen molar-refractivity contribution in [3.05, 3.63) is 22.9 Å². The van der Waals surface area contributed by atoms with Crippen LogP contribution in [0.3, 0.4) is 0 Å². The molecule has 5 heteroatoms. The molecule has 0 radical (unpaired) electrons. The van der Waals surface area contributed by atoms with Crippen LogP contribution in [0.15, 0.2) is 22.9 Å². The van der Waals surface area contributed by atoms with E-state index in [0.717, 1.165) is 17.0 Å². The fourth-order valence-electron chi connectivity index (χ4n) is 1.75. The molecular formula is C12H12N2OS2. The molecule has 1 N–H and O–H groups in total. The maximum Gasteiger partial charge on any atom is 0.229 e. The fourth-order valence-corrected chi connectivity index (χ4v) is 3.23. The van der Waals surface area contributed by atoms with Crippen LogP contribution in [0.2, 0.25) is 0 Å². The largest absolute Gasteiger partial charge is 0.302 e. The minimum Gasteiger partial charge on any atom is -0.302 e. The SMILES string of the molecule is CC1CC1C(=O)Nc1nc(-c2cccs2)cs1. The molecule has 1 aliphatic rings. The summed E-state index contributed by atoms with van der Waals surface area (Å²) in [6.07, 6.45) is 1.01. The Hall–Kier alpha value is -1.20. The Kier molecular flexibility index (Phi) is 2.72. The number of anilines is 1. The average Bonchev–Trinajstić information content (AvgIpc) is 2.76. The number of thiophene rings is 1. The minimum absolute atomic E-state index is 0.115. The first-order valence-corrected chi connectivity index (χ1v) is 7.30. The molecule has 88 valence electrons. The Morgan fingerprint density at radius 3 is 3.00 bits per heavy atom. The summed E-state index contributed by atoms with van der Waals surface area (Å²) >= 11 is 3.14. The van der Waals surface area contributed by atoms with Gasteiger partial charge >= 0.3 is 0 Å². The Morgan fingerprint density at radius 2 is 2.35 bits per heavy atom. The van der Waals surface area contributed by atoms with Crippen LogP contribution in [0.1, 0.15) is 13.3 Å². The molecule has 3 nitrogen and oxygen atoms in total. The van der Waals surface area contributed by atoms with Crippen LogP contribution in [0.5, 0.6) is 0 Å². The molecule has 2 aromatic rings. The van der Waals surface area contributed by atoms with Crippen molar-refractivity contribution < 1.29 is 4.79 Å². The number of amides is 1. The third-order valence-electron chi connectivity index (χ3n) is 2.95. The highest BCUT2D eigenvalue weighted by atomic mass is 32.1. The molecule has 0 saturated heterocycles. The van der Waals surface area contributed by atoms with Gasteiger partial charge in [0, 0.05) is 11.3 Å². The van der Waals surface area contributed by atoms with E-state index in [1.807, 2.05) is 22.9 Å². The van der Waals surface area contributed by atoms with Crippen molar-refractivity contribution in [1.82, 2.24) is 4.98 Å². The second-order valence-electron chi connectivity index (χ2n) is 4.32. The summed E-state index contributed by atoms with van der Waals surface area (Å²) in [6, 6.07) is 4.04. The Balaban J connectivity index is 1.71. The molecule has 1 fully saturated rings. The lowest BCUT2D eigenvalue weighted by Crippen LogP contribution is -2.14. The summed E-state index contributed by atoms with van der Waals surface area (Å²) in [7, 11) is 0. The van der Waals surface area contributed by atoms with Crippen molar-refractivity contribution >= 4 is 33.7 Å². The molecule has 1 aliphatic carbocycles. The van der Waals surface area contributed by atoms with Crippen LogP contribution >= 0.6 is 22.7 Å². The lowest BCUT2D eigenvalue weighted by molar-refractivity contribution is -0.117. The predicted molar refractivity (Wildman–Crippen MR) is 71.3 cm³/mol. The van der Waals surface area contributed by atoms with Gasteiger partial charge < -0.3 is 5.32 Å². The third-order valence-corrected chi connectivity index (χ3v) is 4.60. The molecule has 0 aliphatic heterocycles. The van der Waals surface area contributed by atoms with Gasteiger partial charge in [0.25, 0.3) is 0 Å². The van der Waals surface area contributed by atoms with E-state index in [0.29, 0.717) is 11.0 Å². The van der Waals surface area contributed by atoms with Gasteiger partial charge in [-0.15, -0.1) is 22.7 Å². The first kappa shape index (κ1) is 10.9. The number of hydrogen-bond donors (Lipinski definition) is 1. The summed E-state index contributed by atoms with van der Waals surface area (Å²) < 4.78 is 0. The van der Waals surface area contributed by atoms with Gasteiger partial charge in [0.05, 0.1) is 10.6 Å². The number of carbonyl (C=O) groups is 1. The molecule has 0 spiro atoms. The molecule has 2 atom stereocenters. The van der Waals surface area contributed by atoms with Crippen LogP contribution in [-0.4, -0.2) is 10.9 Å². The van der Waals surface area contributed by atoms with Crippen molar-refractivity contribution in [2.75, 3.05) is 5.32 Å². The Morgan fingerprint density at radius 1 is 1.53 bits per heavy atom. The van der Waals surface area contributed by atoms with Gasteiger partial charge in [-0.25, -0.2) is 4.98 Å². The van der Waals surface area contributed by atoms with Gasteiger partial charge in [-0.1, -0.05) is 13.0 Å². The van der Waals surface area contributed by atoms with Crippen molar-refractivity contribution in [3.63, 3.8) is 0 Å². The van der Waals surface area contributed by atoms with Crippen LogP contribution in [0.4, 0.5) is 5.13 Å². The van der Waals surface area contributed by atoms with E-state index in [-0.39, 0.29) is 11.8 Å². The molecule has 1 amide bonds. The molecule has 2 heterocycles. The number of nitrogens with zero attached hydrogens (tertiary/aromatic N) is 1. The second kappa shape index (κ2) is 4.23. The monoisotopic (exact) mass is 264 g/mol. The van der Waals surface area contributed by atoms with E-state index in [2.05, 4.69) is 17.2 Å². The molecule has 17 heavy (non-hydrogen) atoms. The number of nitrogens with one attached hydrogen (secondary N) is 1. The lowest BCUT2D eigenvalue weighted by Gasteiger charge is -1.98. The van der Waals surface area contributed by atoms with Crippen molar-refractivity contribution in [2.45, 2.75) is 13.3 Å². The third kappa shape index (κ3) is 2.25. The first-order valence-electron chi connectivity index (χ1n) is 5.54. The summed E-state index contributed by atoms with van der Waals surface area (Å²) in [4.78, 5) is 17.3. The quantitative estimate of drug-likeness (QED) is 0.922. The number of carbonyl (C=O) groups excluding carboxylic acids is 1. The first-order chi connectivity index (χ1) is 8.24. The van der Waals surface area contributed by atoms with E-state index < -0.39 is 0 Å². The van der Waals surface area contributed by atoms with Crippen LogP contribution in [-0.2, 0) is 4.79 Å². The Labute approximate surface area is 108 Å². The zero-order chi connectivity index (χ0) is 11.8. The predicted octanol–water partition coefficient (Wildman–Crippen LogP) is 3.47. The van der Waals surface area contributed by atoms with E-state index in [1.54, 1.807) is 11.3 Å². The van der Waals surface area contributed by atoms with Gasteiger partial charge in [-0.3, -0.25) is 4.79 Å². The summed E-state index contributed by atoms with van der Waals surface area (Å²) in [6.45, 7) is 2.10. The smallest absolute Gasteiger partial charge is 0.229 e. The topological polar surface area (TPSA) is 42.0 Å². The van der Waals surface area contributed by atoms with E-state index >= 15 is 0 Å². The van der Waals surface area contributed by atoms with Crippen LogP contribution in [0, 0.1) is 11.8 Å². The van der Waals surface area contributed by atoms with E-state index in [4.69, 9.17) is 0 Å². The van der Waals surface area contributed by atoms with Gasteiger partial charge in [-0.05, 0) is 23.8 Å². The molecule has 1 saturated carbocycles. The molecule has 2 unspecified atom stereocenters. The second-order valence-corrected chi connectivity index (χ2v) is 6.13. The summed E-state index contributed by atoms with van der Waals surface area (Å²) in [5, 5.41) is 7.61. The molecule has 3 rings (SSSR count). The fraction of sp³-hybridized carbons (Fsp3) is 0.333. The van der Waals surface area contributed by atoms with E-state index in [1.165, 1.54) is 11.3 Å². The standard InChI is InChI=1S/C12H12N2OS2/c1-7-5-8(7)11(15)14-12-13-9(6-17-12)10-3-2-4-16-10/h2-4,6-8H,5H2,1H3,(H,13,14,15). The molecule has 2 aromatic heterocycles. The number of thiazole rings is 1. The highest BCUT2D eigenvalue weighted by Gasteiger charge is 2.39. The zero-order valence-corrected chi connectivity index (χ0v) is 11.0. The van der Waals surface area contributed by atoms with Crippen LogP contribution in [0.25, 0.3) is 10.6 Å². The van der Waals surface area contributed by atoms with Gasteiger partial charge in [0.1, 0.15) is 0 Å². The molecular weight excluding hydrogens is 252 g/mol. The van der Waals surface area contributed by atoms with E-state index in [9.17, 15) is 4.79 Å². The molecule has 0 bridgehead atoms. The maximum atomic E-state index is 11.7. The highest BCUT2D eigenvalue weighted by molar-refractivity contribution is 7.16. The summed E-state index contributed by atoms with van der Waals surface area (Å²) in [5.74, 6) is 0.848. The van der Waals surface area contributed by atoms with Crippen LogP contribution < -0.4 is 5.32 Å². The maximum absolute atomic E-state index is 11.7. The van der Waals surface area contributed by atoms with Gasteiger partial charge in [0.2, 0.25) is 5.91 Å². The number of aromatic nitrogens is 1. The van der Waals surface area contributed by atoms with Crippen molar-refractivity contribution in [3.8, 4) is 10.6 Å². The summed E-state index contributed by atoms with van der Waals surface area (Å²) in [5.41, 5.74) is 0.948. The van der Waals surface area contributed by atoms with Crippen molar-refractivity contribution in [2.24, 2.45) is 11.8 Å².